The third-order valence-corrected chi connectivity index (χ3v) is 2.56. The van der Waals surface area contributed by atoms with E-state index in [1.807, 2.05) is 30.3 Å². The predicted octanol–water partition coefficient (Wildman–Crippen LogP) is 1.75. The fourth-order valence-corrected chi connectivity index (χ4v) is 1.59. The van der Waals surface area contributed by atoms with Gasteiger partial charge in [-0.25, -0.2) is 0 Å². The number of aromatic amines is 1. The second-order valence-corrected chi connectivity index (χ2v) is 3.87. The first-order valence-electron chi connectivity index (χ1n) is 5.87. The lowest BCUT2D eigenvalue weighted by Gasteiger charge is -2.03. The number of carbonyl (C=O) groups is 1. The Hall–Kier alpha value is -2.56. The van der Waals surface area contributed by atoms with Crippen LogP contribution in [0.4, 0.5) is 0 Å². The Balaban J connectivity index is 1.92. The Bertz CT molecular complexity index is 562. The van der Waals surface area contributed by atoms with Crippen molar-refractivity contribution in [3.05, 3.63) is 53.9 Å². The molecule has 0 aliphatic rings. The molecule has 1 heterocycles. The molecule has 0 radical (unpaired) electrons. The van der Waals surface area contributed by atoms with Crippen molar-refractivity contribution in [3.8, 4) is 5.75 Å². The lowest BCUT2D eigenvalue weighted by Crippen LogP contribution is -2.20. The monoisotopic (exact) mass is 257 g/mol. The van der Waals surface area contributed by atoms with E-state index in [-0.39, 0.29) is 5.91 Å². The highest BCUT2D eigenvalue weighted by molar-refractivity contribution is 5.92. The number of para-hydroxylation sites is 1. The molecule has 0 fully saturated rings. The van der Waals surface area contributed by atoms with Gasteiger partial charge in [-0.2, -0.15) is 5.10 Å². The number of nitrogens with zero attached hydrogens (tertiary/aromatic N) is 1. The molecule has 1 aromatic heterocycles. The number of aromatic nitrogens is 2. The van der Waals surface area contributed by atoms with Crippen molar-refractivity contribution in [1.29, 1.82) is 0 Å². The number of carbonyl (C=O) groups excluding carboxylic acids is 1. The zero-order valence-corrected chi connectivity index (χ0v) is 10.6. The summed E-state index contributed by atoms with van der Waals surface area (Å²) in [5, 5.41) is 9.34. The number of benzene rings is 1. The summed E-state index contributed by atoms with van der Waals surface area (Å²) in [5.41, 5.74) is 1.72. The third kappa shape index (κ3) is 3.70. The Kier molecular flexibility index (Phi) is 4.34. The number of ether oxygens (including phenoxy) is 1. The van der Waals surface area contributed by atoms with Gasteiger partial charge in [-0.15, -0.1) is 0 Å². The fraction of sp³-hybridized carbons (Fsp3) is 0.143. The molecule has 0 spiro atoms. The molecule has 19 heavy (non-hydrogen) atoms. The Morgan fingerprint density at radius 3 is 3.00 bits per heavy atom. The molecule has 0 saturated carbocycles. The van der Waals surface area contributed by atoms with Gasteiger partial charge in [0.05, 0.1) is 19.3 Å². The lowest BCUT2D eigenvalue weighted by atomic mass is 10.2. The van der Waals surface area contributed by atoms with Crippen LogP contribution < -0.4 is 10.1 Å². The average molecular weight is 257 g/mol. The highest BCUT2D eigenvalue weighted by Gasteiger charge is 2.00. The maximum Gasteiger partial charge on any atom is 0.244 e. The average Bonchev–Trinajstić information content (AvgIpc) is 2.96. The summed E-state index contributed by atoms with van der Waals surface area (Å²) in [6.45, 7) is 0.426. The largest absolute Gasteiger partial charge is 0.496 e. The molecular formula is C14H15N3O2. The summed E-state index contributed by atoms with van der Waals surface area (Å²) in [7, 11) is 1.60. The van der Waals surface area contributed by atoms with E-state index in [0.29, 0.717) is 6.54 Å². The normalized spacial score (nSPS) is 10.6. The van der Waals surface area contributed by atoms with Gasteiger partial charge in [0.25, 0.3) is 0 Å². The molecule has 5 nitrogen and oxygen atoms in total. The number of H-pyrrole nitrogens is 1. The minimum absolute atomic E-state index is 0.166. The van der Waals surface area contributed by atoms with Crippen LogP contribution >= 0.6 is 0 Å². The fourth-order valence-electron chi connectivity index (χ4n) is 1.59. The maximum absolute atomic E-state index is 11.6. The van der Waals surface area contributed by atoms with Crippen molar-refractivity contribution in [2.75, 3.05) is 7.11 Å². The lowest BCUT2D eigenvalue weighted by molar-refractivity contribution is -0.116. The molecular weight excluding hydrogens is 242 g/mol. The van der Waals surface area contributed by atoms with Crippen LogP contribution in [0.1, 0.15) is 11.3 Å². The van der Waals surface area contributed by atoms with Crippen molar-refractivity contribution in [3.63, 3.8) is 0 Å². The summed E-state index contributed by atoms with van der Waals surface area (Å²) < 4.78 is 5.20. The highest BCUT2D eigenvalue weighted by Crippen LogP contribution is 2.18. The van der Waals surface area contributed by atoms with Gasteiger partial charge in [0.1, 0.15) is 5.75 Å². The molecule has 0 atom stereocenters. The summed E-state index contributed by atoms with van der Waals surface area (Å²) in [5.74, 6) is 0.570. The minimum atomic E-state index is -0.166. The molecule has 0 aliphatic heterocycles. The molecule has 2 N–H and O–H groups in total. The van der Waals surface area contributed by atoms with Gasteiger partial charge in [-0.05, 0) is 18.2 Å². The van der Waals surface area contributed by atoms with Gasteiger partial charge in [0, 0.05) is 17.8 Å². The van der Waals surface area contributed by atoms with E-state index in [1.165, 1.54) is 6.08 Å². The zero-order chi connectivity index (χ0) is 13.5. The van der Waals surface area contributed by atoms with Gasteiger partial charge in [-0.3, -0.25) is 9.89 Å². The molecule has 1 amide bonds. The summed E-state index contributed by atoms with van der Waals surface area (Å²) in [6, 6.07) is 9.32. The van der Waals surface area contributed by atoms with Gasteiger partial charge in [-0.1, -0.05) is 18.2 Å². The van der Waals surface area contributed by atoms with E-state index in [0.717, 1.165) is 17.0 Å². The molecule has 2 aromatic rings. The topological polar surface area (TPSA) is 67.0 Å². The molecule has 0 unspecified atom stereocenters. The van der Waals surface area contributed by atoms with Gasteiger partial charge >= 0.3 is 0 Å². The molecule has 5 heteroatoms. The van der Waals surface area contributed by atoms with Gasteiger partial charge < -0.3 is 10.1 Å². The number of nitrogens with one attached hydrogen (secondary N) is 2. The molecule has 0 aliphatic carbocycles. The van der Waals surface area contributed by atoms with Crippen LogP contribution in [-0.4, -0.2) is 23.2 Å². The van der Waals surface area contributed by atoms with Crippen molar-refractivity contribution in [1.82, 2.24) is 15.5 Å². The number of hydrogen-bond acceptors (Lipinski definition) is 3. The van der Waals surface area contributed by atoms with Crippen LogP contribution in [0.5, 0.6) is 5.75 Å². The maximum atomic E-state index is 11.6. The van der Waals surface area contributed by atoms with Crippen LogP contribution in [0, 0.1) is 0 Å². The molecule has 1 aromatic carbocycles. The first-order chi connectivity index (χ1) is 9.29. The van der Waals surface area contributed by atoms with E-state index in [9.17, 15) is 4.79 Å². The van der Waals surface area contributed by atoms with E-state index < -0.39 is 0 Å². The first kappa shape index (κ1) is 12.9. The van der Waals surface area contributed by atoms with E-state index in [1.54, 1.807) is 19.4 Å². The summed E-state index contributed by atoms with van der Waals surface area (Å²) >= 11 is 0. The number of hydrogen-bond donors (Lipinski definition) is 2. The van der Waals surface area contributed by atoms with Crippen LogP contribution in [0.15, 0.2) is 42.6 Å². The van der Waals surface area contributed by atoms with Crippen LogP contribution in [0.3, 0.4) is 0 Å². The smallest absolute Gasteiger partial charge is 0.244 e. The van der Waals surface area contributed by atoms with Crippen LogP contribution in [0.25, 0.3) is 6.08 Å². The zero-order valence-electron chi connectivity index (χ0n) is 10.6. The van der Waals surface area contributed by atoms with Gasteiger partial charge in [0.2, 0.25) is 5.91 Å². The molecule has 0 bridgehead atoms. The van der Waals surface area contributed by atoms with Crippen LogP contribution in [0.2, 0.25) is 0 Å². The Labute approximate surface area is 111 Å². The molecule has 0 saturated heterocycles. The predicted molar refractivity (Wildman–Crippen MR) is 72.5 cm³/mol. The summed E-state index contributed by atoms with van der Waals surface area (Å²) in [4.78, 5) is 11.6. The van der Waals surface area contributed by atoms with Crippen molar-refractivity contribution in [2.45, 2.75) is 6.54 Å². The second-order valence-electron chi connectivity index (χ2n) is 3.87. The molecule has 2 rings (SSSR count). The quantitative estimate of drug-likeness (QED) is 0.802. The minimum Gasteiger partial charge on any atom is -0.496 e. The van der Waals surface area contributed by atoms with Crippen LogP contribution in [-0.2, 0) is 11.3 Å². The van der Waals surface area contributed by atoms with Crippen molar-refractivity contribution >= 4 is 12.0 Å². The third-order valence-electron chi connectivity index (χ3n) is 2.56. The standard InChI is InChI=1S/C14H15N3O2/c1-19-13-5-3-2-4-11(13)6-7-14(18)15-10-12-8-9-16-17-12/h2-9H,10H2,1H3,(H,15,18)(H,16,17)/b7-6+. The SMILES string of the molecule is COc1ccccc1/C=C/C(=O)NCc1ccn[nH]1. The Morgan fingerprint density at radius 1 is 1.42 bits per heavy atom. The van der Waals surface area contributed by atoms with E-state index >= 15 is 0 Å². The highest BCUT2D eigenvalue weighted by atomic mass is 16.5. The number of amides is 1. The van der Waals surface area contributed by atoms with E-state index in [4.69, 9.17) is 4.74 Å². The van der Waals surface area contributed by atoms with Crippen molar-refractivity contribution < 1.29 is 9.53 Å². The van der Waals surface area contributed by atoms with E-state index in [2.05, 4.69) is 15.5 Å². The first-order valence-corrected chi connectivity index (χ1v) is 5.87. The van der Waals surface area contributed by atoms with Crippen molar-refractivity contribution in [2.24, 2.45) is 0 Å². The summed E-state index contributed by atoms with van der Waals surface area (Å²) in [6.07, 6.45) is 4.85. The Morgan fingerprint density at radius 2 is 2.26 bits per heavy atom. The van der Waals surface area contributed by atoms with Gasteiger partial charge in [0.15, 0.2) is 0 Å². The second kappa shape index (κ2) is 6.39. The number of rotatable bonds is 5. The number of methoxy groups -OCH3 is 1. The molecule has 98 valence electrons.